The monoisotopic (exact) mass is 514 g/mol. The normalized spacial score (nSPS) is 10.9. The summed E-state index contributed by atoms with van der Waals surface area (Å²) in [7, 11) is 1.59. The van der Waals surface area contributed by atoms with Gasteiger partial charge in [0.1, 0.15) is 22.7 Å². The van der Waals surface area contributed by atoms with E-state index in [1.807, 2.05) is 66.7 Å². The molecule has 0 spiro atoms. The predicted octanol–water partition coefficient (Wildman–Crippen LogP) is 5.88. The molecule has 3 aromatic heterocycles. The van der Waals surface area contributed by atoms with Crippen molar-refractivity contribution in [2.75, 3.05) is 12.4 Å². The highest BCUT2D eigenvalue weighted by molar-refractivity contribution is 6.01. The van der Waals surface area contributed by atoms with Gasteiger partial charge >= 0.3 is 0 Å². The lowest BCUT2D eigenvalue weighted by atomic mass is 10.0. The summed E-state index contributed by atoms with van der Waals surface area (Å²) in [6.07, 6.45) is 3.31. The first-order valence-corrected chi connectivity index (χ1v) is 12.1. The number of ether oxygens (including phenoxy) is 2. The SMILES string of the molecule is COc1cnc2c(Oc3ccc(Nc4nnc(-c5ccc(C(N)=O)cc5)c5ccccc45)cc3)ccnc2c1. The molecule has 3 N–H and O–H groups in total. The van der Waals surface area contributed by atoms with Crippen LogP contribution in [-0.2, 0) is 0 Å². The molecule has 0 aliphatic heterocycles. The van der Waals surface area contributed by atoms with Gasteiger partial charge in [0, 0.05) is 45.9 Å². The topological polar surface area (TPSA) is 125 Å². The number of benzene rings is 3. The minimum Gasteiger partial charge on any atom is -0.495 e. The van der Waals surface area contributed by atoms with Gasteiger partial charge in [0.05, 0.1) is 18.8 Å². The van der Waals surface area contributed by atoms with Crippen LogP contribution in [0.3, 0.4) is 0 Å². The van der Waals surface area contributed by atoms with Crippen molar-refractivity contribution < 1.29 is 14.3 Å². The summed E-state index contributed by atoms with van der Waals surface area (Å²) in [4.78, 5) is 20.2. The highest BCUT2D eigenvalue weighted by atomic mass is 16.5. The van der Waals surface area contributed by atoms with Crippen LogP contribution in [0, 0.1) is 0 Å². The lowest BCUT2D eigenvalue weighted by Gasteiger charge is -2.12. The van der Waals surface area contributed by atoms with Gasteiger partial charge in [0.25, 0.3) is 0 Å². The zero-order valence-electron chi connectivity index (χ0n) is 20.8. The fourth-order valence-corrected chi connectivity index (χ4v) is 4.25. The number of nitrogens with zero attached hydrogens (tertiary/aromatic N) is 4. The third-order valence-corrected chi connectivity index (χ3v) is 6.23. The number of carbonyl (C=O) groups is 1. The van der Waals surface area contributed by atoms with E-state index >= 15 is 0 Å². The van der Waals surface area contributed by atoms with Crippen LogP contribution in [0.15, 0.2) is 97.3 Å². The van der Waals surface area contributed by atoms with Gasteiger partial charge in [-0.15, -0.1) is 10.2 Å². The molecule has 0 bridgehead atoms. The van der Waals surface area contributed by atoms with Crippen molar-refractivity contribution in [3.8, 4) is 28.5 Å². The molecule has 0 radical (unpaired) electrons. The smallest absolute Gasteiger partial charge is 0.248 e. The van der Waals surface area contributed by atoms with Crippen LogP contribution in [0.5, 0.6) is 17.2 Å². The fraction of sp³-hybridized carbons (Fsp3) is 0.0333. The number of amides is 1. The molecule has 0 aliphatic carbocycles. The van der Waals surface area contributed by atoms with E-state index in [-0.39, 0.29) is 0 Å². The van der Waals surface area contributed by atoms with E-state index in [1.165, 1.54) is 0 Å². The van der Waals surface area contributed by atoms with Gasteiger partial charge < -0.3 is 20.5 Å². The molecule has 0 fully saturated rings. The molecule has 190 valence electrons. The van der Waals surface area contributed by atoms with Crippen molar-refractivity contribution in [2.45, 2.75) is 0 Å². The van der Waals surface area contributed by atoms with Crippen molar-refractivity contribution in [3.05, 3.63) is 103 Å². The molecule has 6 rings (SSSR count). The van der Waals surface area contributed by atoms with Crippen LogP contribution in [-0.4, -0.2) is 33.2 Å². The maximum absolute atomic E-state index is 11.4. The van der Waals surface area contributed by atoms with Gasteiger partial charge in [-0.25, -0.2) is 4.98 Å². The van der Waals surface area contributed by atoms with Gasteiger partial charge in [-0.05, 0) is 36.4 Å². The number of pyridine rings is 2. The van der Waals surface area contributed by atoms with E-state index in [2.05, 4.69) is 25.5 Å². The molecular weight excluding hydrogens is 492 g/mol. The average molecular weight is 515 g/mol. The first-order chi connectivity index (χ1) is 19.1. The molecule has 0 saturated carbocycles. The summed E-state index contributed by atoms with van der Waals surface area (Å²) >= 11 is 0. The number of nitrogens with two attached hydrogens (primary N) is 1. The summed E-state index contributed by atoms with van der Waals surface area (Å²) < 4.78 is 11.3. The molecule has 0 saturated heterocycles. The summed E-state index contributed by atoms with van der Waals surface area (Å²) in [5, 5.41) is 14.1. The quantitative estimate of drug-likeness (QED) is 0.270. The van der Waals surface area contributed by atoms with Crippen LogP contribution in [0.1, 0.15) is 10.4 Å². The van der Waals surface area contributed by atoms with Gasteiger partial charge in [-0.1, -0.05) is 36.4 Å². The number of primary amides is 1. The molecule has 39 heavy (non-hydrogen) atoms. The first-order valence-electron chi connectivity index (χ1n) is 12.1. The summed E-state index contributed by atoms with van der Waals surface area (Å²) in [6.45, 7) is 0. The Balaban J connectivity index is 1.25. The Hall–Kier alpha value is -5.57. The van der Waals surface area contributed by atoms with Crippen LogP contribution in [0.4, 0.5) is 11.5 Å². The maximum Gasteiger partial charge on any atom is 0.248 e. The van der Waals surface area contributed by atoms with E-state index in [1.54, 1.807) is 37.7 Å². The van der Waals surface area contributed by atoms with Crippen LogP contribution in [0.2, 0.25) is 0 Å². The number of aromatic nitrogens is 4. The second kappa shape index (κ2) is 10.1. The van der Waals surface area contributed by atoms with Gasteiger partial charge in [-0.3, -0.25) is 9.78 Å². The molecule has 9 heteroatoms. The van der Waals surface area contributed by atoms with Crippen LogP contribution < -0.4 is 20.5 Å². The highest BCUT2D eigenvalue weighted by Crippen LogP contribution is 2.33. The Kier molecular flexibility index (Phi) is 6.14. The Bertz CT molecular complexity index is 1820. The summed E-state index contributed by atoms with van der Waals surface area (Å²) in [6, 6.07) is 26.0. The van der Waals surface area contributed by atoms with Crippen molar-refractivity contribution in [1.29, 1.82) is 0 Å². The maximum atomic E-state index is 11.4. The molecule has 1 amide bonds. The molecule has 3 heterocycles. The number of rotatable bonds is 7. The molecular formula is C30H22N6O3. The van der Waals surface area contributed by atoms with Crippen molar-refractivity contribution >= 4 is 39.2 Å². The minimum atomic E-state index is -0.472. The molecule has 9 nitrogen and oxygen atoms in total. The second-order valence-corrected chi connectivity index (χ2v) is 8.69. The standard InChI is InChI=1S/C30H22N6O3/c1-38-22-16-25-28(33-17-22)26(14-15-32-25)39-21-12-10-20(11-13-21)34-30-24-5-3-2-4-23(24)27(35-36-30)18-6-8-19(9-7-18)29(31)37/h2-17H,1H3,(H2,31,37)(H,34,36). The lowest BCUT2D eigenvalue weighted by molar-refractivity contribution is 0.100. The Morgan fingerprint density at radius 3 is 2.36 bits per heavy atom. The van der Waals surface area contributed by atoms with Crippen LogP contribution in [0.25, 0.3) is 33.1 Å². The predicted molar refractivity (Wildman–Crippen MR) is 149 cm³/mol. The highest BCUT2D eigenvalue weighted by Gasteiger charge is 2.13. The molecule has 0 aliphatic rings. The number of carbonyl (C=O) groups excluding carboxylic acids is 1. The molecule has 0 unspecified atom stereocenters. The van der Waals surface area contributed by atoms with Crippen molar-refractivity contribution in [2.24, 2.45) is 5.73 Å². The third-order valence-electron chi connectivity index (χ3n) is 6.23. The van der Waals surface area contributed by atoms with E-state index in [0.29, 0.717) is 45.4 Å². The number of anilines is 2. The number of nitrogens with one attached hydrogen (secondary N) is 1. The first kappa shape index (κ1) is 23.8. The average Bonchev–Trinajstić information content (AvgIpc) is 2.98. The largest absolute Gasteiger partial charge is 0.495 e. The Morgan fingerprint density at radius 2 is 1.62 bits per heavy atom. The molecule has 6 aromatic rings. The van der Waals surface area contributed by atoms with E-state index in [4.69, 9.17) is 15.2 Å². The summed E-state index contributed by atoms with van der Waals surface area (Å²) in [5.74, 6) is 2.03. The zero-order valence-corrected chi connectivity index (χ0v) is 20.8. The Morgan fingerprint density at radius 1 is 0.846 bits per heavy atom. The van der Waals surface area contributed by atoms with Gasteiger partial charge in [-0.2, -0.15) is 0 Å². The molecule has 0 atom stereocenters. The van der Waals surface area contributed by atoms with E-state index in [9.17, 15) is 4.79 Å². The van der Waals surface area contributed by atoms with Gasteiger partial charge in [0.15, 0.2) is 11.6 Å². The zero-order chi connectivity index (χ0) is 26.8. The minimum absolute atomic E-state index is 0.440. The number of fused-ring (bicyclic) bond motifs is 2. The summed E-state index contributed by atoms with van der Waals surface area (Å²) in [5.41, 5.74) is 9.52. The Labute approximate surface area is 223 Å². The van der Waals surface area contributed by atoms with E-state index in [0.717, 1.165) is 22.0 Å². The van der Waals surface area contributed by atoms with Crippen LogP contribution >= 0.6 is 0 Å². The fourth-order valence-electron chi connectivity index (χ4n) is 4.25. The number of hydrogen-bond acceptors (Lipinski definition) is 8. The van der Waals surface area contributed by atoms with E-state index < -0.39 is 5.91 Å². The second-order valence-electron chi connectivity index (χ2n) is 8.69. The number of methoxy groups -OCH3 is 1. The lowest BCUT2D eigenvalue weighted by Crippen LogP contribution is -2.10. The van der Waals surface area contributed by atoms with Crippen molar-refractivity contribution in [3.63, 3.8) is 0 Å². The number of hydrogen-bond donors (Lipinski definition) is 2. The van der Waals surface area contributed by atoms with Gasteiger partial charge in [0.2, 0.25) is 5.91 Å². The third kappa shape index (κ3) is 4.76. The molecule has 3 aromatic carbocycles. The van der Waals surface area contributed by atoms with Crippen molar-refractivity contribution in [1.82, 2.24) is 20.2 Å².